The van der Waals surface area contributed by atoms with E-state index in [2.05, 4.69) is 10.6 Å². The van der Waals surface area contributed by atoms with Crippen molar-refractivity contribution in [2.45, 2.75) is 37.5 Å². The largest absolute Gasteiger partial charge is 0.325 e. The molecule has 24 heavy (non-hydrogen) atoms. The van der Waals surface area contributed by atoms with Crippen LogP contribution in [0, 0.1) is 17.7 Å². The van der Waals surface area contributed by atoms with Gasteiger partial charge in [0.25, 0.3) is 0 Å². The molecule has 0 aliphatic carbocycles. The number of hydrogen-bond acceptors (Lipinski definition) is 3. The minimum absolute atomic E-state index is 0.203. The second-order valence-electron chi connectivity index (χ2n) is 6.16. The number of nitrogens with one attached hydrogen (secondary N) is 2. The summed E-state index contributed by atoms with van der Waals surface area (Å²) < 4.78 is 38.2. The van der Waals surface area contributed by atoms with Crippen LogP contribution in [0.4, 0.5) is 18.9 Å². The van der Waals surface area contributed by atoms with Gasteiger partial charge in [0.2, 0.25) is 12.3 Å². The fourth-order valence-electron chi connectivity index (χ4n) is 2.95. The maximum atomic E-state index is 13.4. The van der Waals surface area contributed by atoms with Crippen LogP contribution in [0.5, 0.6) is 0 Å². The molecule has 1 amide bonds. The van der Waals surface area contributed by atoms with Crippen LogP contribution in [0.15, 0.2) is 23.1 Å². The summed E-state index contributed by atoms with van der Waals surface area (Å²) in [7, 11) is 0. The van der Waals surface area contributed by atoms with Crippen molar-refractivity contribution in [2.75, 3.05) is 24.2 Å². The summed E-state index contributed by atoms with van der Waals surface area (Å²) in [5.41, 5.74) is 0.267. The Labute approximate surface area is 144 Å². The Morgan fingerprint density at radius 2 is 2.08 bits per heavy atom. The number of carbonyl (C=O) groups excluding carboxylic acids is 1. The van der Waals surface area contributed by atoms with Gasteiger partial charge in [0.05, 0.1) is 11.4 Å². The molecule has 3 nitrogen and oxygen atoms in total. The molecule has 7 heteroatoms. The van der Waals surface area contributed by atoms with Gasteiger partial charge in [-0.1, -0.05) is 6.92 Å². The Balaban J connectivity index is 1.95. The fraction of sp³-hybridized carbons (Fsp3) is 0.588. The van der Waals surface area contributed by atoms with Gasteiger partial charge in [-0.3, -0.25) is 4.79 Å². The third-order valence-corrected chi connectivity index (χ3v) is 5.36. The molecule has 134 valence electrons. The van der Waals surface area contributed by atoms with Gasteiger partial charge in [0, 0.05) is 11.3 Å². The van der Waals surface area contributed by atoms with Crippen molar-refractivity contribution >= 4 is 23.4 Å². The zero-order chi connectivity index (χ0) is 17.5. The van der Waals surface area contributed by atoms with E-state index in [4.69, 9.17) is 0 Å². The van der Waals surface area contributed by atoms with Crippen molar-refractivity contribution in [2.24, 2.45) is 11.8 Å². The van der Waals surface area contributed by atoms with Crippen LogP contribution >= 0.6 is 11.8 Å². The molecule has 1 heterocycles. The maximum absolute atomic E-state index is 13.4. The molecule has 0 aromatic heterocycles. The Morgan fingerprint density at radius 1 is 1.38 bits per heavy atom. The highest BCUT2D eigenvalue weighted by Crippen LogP contribution is 2.30. The summed E-state index contributed by atoms with van der Waals surface area (Å²) in [6.07, 6.45) is -0.0166. The number of halogens is 3. The SMILES string of the molecule is CC(CC(=O)Nc1cc(F)ccc1SCC(F)F)C1CCNCC1. The lowest BCUT2D eigenvalue weighted by atomic mass is 9.84. The molecule has 1 aliphatic rings. The predicted molar refractivity (Wildman–Crippen MR) is 91.1 cm³/mol. The first kappa shape index (κ1) is 19.1. The van der Waals surface area contributed by atoms with Crippen molar-refractivity contribution in [3.8, 4) is 0 Å². The van der Waals surface area contributed by atoms with Crippen LogP contribution in [0.3, 0.4) is 0 Å². The van der Waals surface area contributed by atoms with Crippen LogP contribution in [0.1, 0.15) is 26.2 Å². The first-order valence-electron chi connectivity index (χ1n) is 8.16. The van der Waals surface area contributed by atoms with E-state index in [0.29, 0.717) is 17.2 Å². The molecule has 2 N–H and O–H groups in total. The highest BCUT2D eigenvalue weighted by molar-refractivity contribution is 7.99. The van der Waals surface area contributed by atoms with Crippen LogP contribution in [0.2, 0.25) is 0 Å². The van der Waals surface area contributed by atoms with E-state index in [9.17, 15) is 18.0 Å². The van der Waals surface area contributed by atoms with Crippen molar-refractivity contribution in [1.82, 2.24) is 5.32 Å². The summed E-state index contributed by atoms with van der Waals surface area (Å²) >= 11 is 0.913. The molecule has 0 spiro atoms. The monoisotopic (exact) mass is 360 g/mol. The lowest BCUT2D eigenvalue weighted by Gasteiger charge is -2.28. The van der Waals surface area contributed by atoms with Gasteiger partial charge in [-0.05, 0) is 56.0 Å². The number of amides is 1. The Bertz CT molecular complexity index is 551. The second kappa shape index (κ2) is 9.32. The molecule has 0 radical (unpaired) electrons. The van der Waals surface area contributed by atoms with Crippen LogP contribution < -0.4 is 10.6 Å². The molecule has 1 aliphatic heterocycles. The van der Waals surface area contributed by atoms with E-state index < -0.39 is 12.2 Å². The van der Waals surface area contributed by atoms with E-state index in [0.717, 1.165) is 37.7 Å². The topological polar surface area (TPSA) is 41.1 Å². The predicted octanol–water partition coefficient (Wildman–Crippen LogP) is 4.15. The zero-order valence-corrected chi connectivity index (χ0v) is 14.5. The molecule has 1 saturated heterocycles. The van der Waals surface area contributed by atoms with Gasteiger partial charge in [-0.25, -0.2) is 13.2 Å². The van der Waals surface area contributed by atoms with Gasteiger partial charge in [0.15, 0.2) is 0 Å². The second-order valence-corrected chi connectivity index (χ2v) is 7.22. The summed E-state index contributed by atoms with van der Waals surface area (Å²) in [5.74, 6) is -0.362. The molecule has 1 aromatic carbocycles. The number of alkyl halides is 2. The Morgan fingerprint density at radius 3 is 2.75 bits per heavy atom. The number of anilines is 1. The quantitative estimate of drug-likeness (QED) is 0.718. The molecule has 0 saturated carbocycles. The average Bonchev–Trinajstić information content (AvgIpc) is 2.54. The molecule has 0 bridgehead atoms. The van der Waals surface area contributed by atoms with Gasteiger partial charge < -0.3 is 10.6 Å². The molecule has 1 fully saturated rings. The summed E-state index contributed by atoms with van der Waals surface area (Å²) in [6, 6.07) is 3.82. The molecular weight excluding hydrogens is 337 g/mol. The van der Waals surface area contributed by atoms with Crippen molar-refractivity contribution < 1.29 is 18.0 Å². The molecule has 1 atom stereocenters. The number of piperidine rings is 1. The van der Waals surface area contributed by atoms with Crippen molar-refractivity contribution in [3.63, 3.8) is 0 Å². The molecule has 1 aromatic rings. The highest BCUT2D eigenvalue weighted by Gasteiger charge is 2.22. The number of carbonyl (C=O) groups is 1. The highest BCUT2D eigenvalue weighted by atomic mass is 32.2. The summed E-state index contributed by atoms with van der Waals surface area (Å²) in [5, 5.41) is 5.98. The van der Waals surface area contributed by atoms with E-state index in [1.165, 1.54) is 18.2 Å². The summed E-state index contributed by atoms with van der Waals surface area (Å²) in [6.45, 7) is 3.98. The van der Waals surface area contributed by atoms with Gasteiger partial charge in [-0.15, -0.1) is 11.8 Å². The van der Waals surface area contributed by atoms with Crippen molar-refractivity contribution in [3.05, 3.63) is 24.0 Å². The zero-order valence-electron chi connectivity index (χ0n) is 13.7. The van der Waals surface area contributed by atoms with E-state index in [1.54, 1.807) is 0 Å². The minimum atomic E-state index is -2.46. The van der Waals surface area contributed by atoms with Gasteiger partial charge in [0.1, 0.15) is 5.82 Å². The third-order valence-electron chi connectivity index (χ3n) is 4.28. The Kier molecular flexibility index (Phi) is 7.42. The third kappa shape index (κ3) is 6.02. The normalized spacial score (nSPS) is 17.0. The number of thioether (sulfide) groups is 1. The number of hydrogen-bond donors (Lipinski definition) is 2. The molecule has 2 rings (SSSR count). The van der Waals surface area contributed by atoms with Crippen molar-refractivity contribution in [1.29, 1.82) is 0 Å². The van der Waals surface area contributed by atoms with E-state index in [1.807, 2.05) is 6.92 Å². The lowest BCUT2D eigenvalue weighted by Crippen LogP contribution is -2.32. The number of benzene rings is 1. The minimum Gasteiger partial charge on any atom is -0.325 e. The standard InChI is InChI=1S/C17H23F3N2OS/c1-11(12-4-6-21-7-5-12)8-17(23)22-14-9-13(18)2-3-15(14)24-10-16(19)20/h2-3,9,11-12,16,21H,4-8,10H2,1H3,(H,22,23). The first-order valence-corrected chi connectivity index (χ1v) is 9.15. The van der Waals surface area contributed by atoms with Gasteiger partial charge in [-0.2, -0.15) is 0 Å². The smallest absolute Gasteiger partial charge is 0.247 e. The molecular formula is C17H23F3N2OS. The van der Waals surface area contributed by atoms with Gasteiger partial charge >= 0.3 is 0 Å². The maximum Gasteiger partial charge on any atom is 0.247 e. The summed E-state index contributed by atoms with van der Waals surface area (Å²) in [4.78, 5) is 12.7. The Hall–Kier alpha value is -1.21. The van der Waals surface area contributed by atoms with Crippen LogP contribution in [-0.4, -0.2) is 31.2 Å². The molecule has 1 unspecified atom stereocenters. The van der Waals surface area contributed by atoms with Crippen LogP contribution in [-0.2, 0) is 4.79 Å². The first-order chi connectivity index (χ1) is 11.5. The van der Waals surface area contributed by atoms with E-state index >= 15 is 0 Å². The number of rotatable bonds is 7. The van der Waals surface area contributed by atoms with Crippen LogP contribution in [0.25, 0.3) is 0 Å². The van der Waals surface area contributed by atoms with E-state index in [-0.39, 0.29) is 23.3 Å². The average molecular weight is 360 g/mol. The fourth-order valence-corrected chi connectivity index (χ4v) is 3.69. The lowest BCUT2D eigenvalue weighted by molar-refractivity contribution is -0.117.